The predicted octanol–water partition coefficient (Wildman–Crippen LogP) is 0.609. The van der Waals surface area contributed by atoms with Crippen LogP contribution >= 0.6 is 0 Å². The second-order valence-corrected chi connectivity index (χ2v) is 3.63. The Bertz CT molecular complexity index is 535. The van der Waals surface area contributed by atoms with Gasteiger partial charge in [0, 0.05) is 13.2 Å². The Morgan fingerprint density at radius 1 is 1.39 bits per heavy atom. The smallest absolute Gasteiger partial charge is 0.358 e. The van der Waals surface area contributed by atoms with Crippen LogP contribution < -0.4 is 5.32 Å². The fourth-order valence-electron chi connectivity index (χ4n) is 1.38. The number of aromatic nitrogens is 4. The molecule has 2 aromatic rings. The van der Waals surface area contributed by atoms with Gasteiger partial charge in [-0.15, -0.1) is 10.2 Å². The number of methoxy groups -OCH3 is 1. The van der Waals surface area contributed by atoms with Gasteiger partial charge in [-0.1, -0.05) is 0 Å². The third-order valence-electron chi connectivity index (χ3n) is 2.28. The van der Waals surface area contributed by atoms with Gasteiger partial charge < -0.3 is 10.1 Å². The van der Waals surface area contributed by atoms with Crippen LogP contribution in [0, 0.1) is 0 Å². The van der Waals surface area contributed by atoms with Crippen LogP contribution in [0.25, 0.3) is 0 Å². The summed E-state index contributed by atoms with van der Waals surface area (Å²) >= 11 is 0. The fraction of sp³-hybridized carbons (Fsp3) is 0.273. The van der Waals surface area contributed by atoms with Crippen molar-refractivity contribution in [1.82, 2.24) is 20.0 Å². The molecule has 0 aliphatic rings. The SMILES string of the molecule is COC(=O)c1ccc(NCc2ccn(C)n2)nn1. The van der Waals surface area contributed by atoms with E-state index in [0.717, 1.165) is 5.69 Å². The van der Waals surface area contributed by atoms with Crippen molar-refractivity contribution >= 4 is 11.8 Å². The Morgan fingerprint density at radius 2 is 2.22 bits per heavy atom. The van der Waals surface area contributed by atoms with Crippen molar-refractivity contribution in [2.24, 2.45) is 7.05 Å². The highest BCUT2D eigenvalue weighted by atomic mass is 16.5. The normalized spacial score (nSPS) is 10.1. The minimum Gasteiger partial charge on any atom is -0.464 e. The molecule has 1 N–H and O–H groups in total. The van der Waals surface area contributed by atoms with Gasteiger partial charge in [0.1, 0.15) is 5.82 Å². The van der Waals surface area contributed by atoms with Gasteiger partial charge in [-0.05, 0) is 18.2 Å². The van der Waals surface area contributed by atoms with Crippen molar-refractivity contribution in [3.8, 4) is 0 Å². The lowest BCUT2D eigenvalue weighted by atomic mass is 10.4. The summed E-state index contributed by atoms with van der Waals surface area (Å²) in [5.74, 6) is 0.0760. The number of rotatable bonds is 4. The summed E-state index contributed by atoms with van der Waals surface area (Å²) in [4.78, 5) is 11.1. The van der Waals surface area contributed by atoms with Gasteiger partial charge >= 0.3 is 5.97 Å². The van der Waals surface area contributed by atoms with Gasteiger partial charge in [-0.3, -0.25) is 4.68 Å². The molecule has 0 aromatic carbocycles. The molecule has 7 heteroatoms. The summed E-state index contributed by atoms with van der Waals surface area (Å²) in [6, 6.07) is 5.13. The van der Waals surface area contributed by atoms with E-state index in [-0.39, 0.29) is 5.69 Å². The third-order valence-corrected chi connectivity index (χ3v) is 2.28. The highest BCUT2D eigenvalue weighted by Gasteiger charge is 2.07. The first-order valence-corrected chi connectivity index (χ1v) is 5.33. The van der Waals surface area contributed by atoms with Crippen molar-refractivity contribution in [3.05, 3.63) is 35.8 Å². The first-order chi connectivity index (χ1) is 8.69. The number of nitrogens with zero attached hydrogens (tertiary/aromatic N) is 4. The van der Waals surface area contributed by atoms with Gasteiger partial charge in [0.05, 0.1) is 19.3 Å². The highest BCUT2D eigenvalue weighted by molar-refractivity contribution is 5.86. The minimum absolute atomic E-state index is 0.181. The maximum Gasteiger partial charge on any atom is 0.358 e. The summed E-state index contributed by atoms with van der Waals surface area (Å²) in [5.41, 5.74) is 1.08. The first kappa shape index (κ1) is 12.0. The van der Waals surface area contributed by atoms with E-state index in [2.05, 4.69) is 25.3 Å². The largest absolute Gasteiger partial charge is 0.464 e. The van der Waals surface area contributed by atoms with Crippen molar-refractivity contribution in [2.45, 2.75) is 6.54 Å². The summed E-state index contributed by atoms with van der Waals surface area (Å²) in [6.45, 7) is 0.549. The van der Waals surface area contributed by atoms with Crippen LogP contribution in [0.15, 0.2) is 24.4 Å². The molecule has 2 rings (SSSR count). The van der Waals surface area contributed by atoms with Crippen LogP contribution in [-0.4, -0.2) is 33.1 Å². The number of hydrogen-bond donors (Lipinski definition) is 1. The van der Waals surface area contributed by atoms with E-state index in [1.165, 1.54) is 7.11 Å². The number of esters is 1. The van der Waals surface area contributed by atoms with E-state index >= 15 is 0 Å². The van der Waals surface area contributed by atoms with Crippen LogP contribution in [0.5, 0.6) is 0 Å². The van der Waals surface area contributed by atoms with E-state index in [1.54, 1.807) is 16.8 Å². The van der Waals surface area contributed by atoms with Gasteiger partial charge in [-0.2, -0.15) is 5.10 Å². The van der Waals surface area contributed by atoms with Crippen LogP contribution in [-0.2, 0) is 18.3 Å². The van der Waals surface area contributed by atoms with Crippen LogP contribution in [0.4, 0.5) is 5.82 Å². The molecule has 0 unspecified atom stereocenters. The Balaban J connectivity index is 1.96. The highest BCUT2D eigenvalue weighted by Crippen LogP contribution is 2.05. The van der Waals surface area contributed by atoms with Crippen molar-refractivity contribution in [1.29, 1.82) is 0 Å². The molecule has 2 heterocycles. The molecule has 0 radical (unpaired) electrons. The summed E-state index contributed by atoms with van der Waals surface area (Å²) < 4.78 is 6.26. The second kappa shape index (κ2) is 5.26. The Labute approximate surface area is 104 Å². The molecule has 18 heavy (non-hydrogen) atoms. The van der Waals surface area contributed by atoms with Crippen molar-refractivity contribution < 1.29 is 9.53 Å². The maximum atomic E-state index is 11.1. The zero-order valence-electron chi connectivity index (χ0n) is 10.1. The number of aryl methyl sites for hydroxylation is 1. The fourth-order valence-corrected chi connectivity index (χ4v) is 1.38. The molecule has 0 saturated heterocycles. The molecule has 94 valence electrons. The molecule has 0 spiro atoms. The third kappa shape index (κ3) is 2.82. The number of anilines is 1. The average molecular weight is 247 g/mol. The molecular weight excluding hydrogens is 234 g/mol. The maximum absolute atomic E-state index is 11.1. The van der Waals surface area contributed by atoms with Gasteiger partial charge in [0.2, 0.25) is 0 Å². The standard InChI is InChI=1S/C11H13N5O2/c1-16-6-5-8(15-16)7-12-10-4-3-9(13-14-10)11(17)18-2/h3-6H,7H2,1-2H3,(H,12,14). The van der Waals surface area contributed by atoms with Gasteiger partial charge in [0.15, 0.2) is 5.69 Å². The molecule has 0 amide bonds. The summed E-state index contributed by atoms with van der Waals surface area (Å²) in [5, 5.41) is 14.9. The average Bonchev–Trinajstić information content (AvgIpc) is 2.82. The predicted molar refractivity (Wildman–Crippen MR) is 63.9 cm³/mol. The summed E-state index contributed by atoms with van der Waals surface area (Å²) in [7, 11) is 3.16. The van der Waals surface area contributed by atoms with Crippen LogP contribution in [0.1, 0.15) is 16.2 Å². The van der Waals surface area contributed by atoms with E-state index < -0.39 is 5.97 Å². The van der Waals surface area contributed by atoms with Crippen LogP contribution in [0.3, 0.4) is 0 Å². The van der Waals surface area contributed by atoms with Gasteiger partial charge in [0.25, 0.3) is 0 Å². The lowest BCUT2D eigenvalue weighted by molar-refractivity contribution is 0.0593. The quantitative estimate of drug-likeness (QED) is 0.797. The Hall–Kier alpha value is -2.44. The summed E-state index contributed by atoms with van der Waals surface area (Å²) in [6.07, 6.45) is 1.86. The van der Waals surface area contributed by atoms with E-state index in [9.17, 15) is 4.79 Å². The molecular formula is C11H13N5O2. The number of ether oxygens (including phenoxy) is 1. The molecule has 7 nitrogen and oxygen atoms in total. The van der Waals surface area contributed by atoms with E-state index in [1.807, 2.05) is 19.3 Å². The first-order valence-electron chi connectivity index (χ1n) is 5.33. The number of carbonyl (C=O) groups excluding carboxylic acids is 1. The van der Waals surface area contributed by atoms with Crippen molar-refractivity contribution in [2.75, 3.05) is 12.4 Å². The zero-order chi connectivity index (χ0) is 13.0. The van der Waals surface area contributed by atoms with E-state index in [0.29, 0.717) is 12.4 Å². The van der Waals surface area contributed by atoms with Gasteiger partial charge in [-0.25, -0.2) is 4.79 Å². The lowest BCUT2D eigenvalue weighted by Crippen LogP contribution is -2.08. The van der Waals surface area contributed by atoms with E-state index in [4.69, 9.17) is 0 Å². The topological polar surface area (TPSA) is 81.9 Å². The Morgan fingerprint density at radius 3 is 2.78 bits per heavy atom. The minimum atomic E-state index is -0.501. The van der Waals surface area contributed by atoms with Crippen LogP contribution in [0.2, 0.25) is 0 Å². The molecule has 0 aliphatic carbocycles. The van der Waals surface area contributed by atoms with Crippen molar-refractivity contribution in [3.63, 3.8) is 0 Å². The Kier molecular flexibility index (Phi) is 3.52. The molecule has 0 atom stereocenters. The molecule has 0 fully saturated rings. The number of hydrogen-bond acceptors (Lipinski definition) is 6. The zero-order valence-corrected chi connectivity index (χ0v) is 10.1. The molecule has 0 saturated carbocycles. The number of nitrogens with one attached hydrogen (secondary N) is 1. The molecule has 2 aromatic heterocycles. The second-order valence-electron chi connectivity index (χ2n) is 3.63. The monoisotopic (exact) mass is 247 g/mol. The molecule has 0 aliphatic heterocycles. The lowest BCUT2D eigenvalue weighted by Gasteiger charge is -2.03. The number of carbonyl (C=O) groups is 1. The molecule has 0 bridgehead atoms.